The van der Waals surface area contributed by atoms with E-state index in [2.05, 4.69) is 10.6 Å². The maximum absolute atomic E-state index is 13.0. The van der Waals surface area contributed by atoms with Gasteiger partial charge in [-0.25, -0.2) is 4.39 Å². The van der Waals surface area contributed by atoms with Crippen molar-refractivity contribution in [3.8, 4) is 17.6 Å². The van der Waals surface area contributed by atoms with E-state index in [9.17, 15) is 19.2 Å². The fourth-order valence-electron chi connectivity index (χ4n) is 2.82. The van der Waals surface area contributed by atoms with Crippen LogP contribution in [0.25, 0.3) is 6.08 Å². The van der Waals surface area contributed by atoms with Crippen LogP contribution in [-0.4, -0.2) is 25.5 Å². The normalized spacial score (nSPS) is 10.6. The first kappa shape index (κ1) is 23.0. The topological polar surface area (TPSA) is 100 Å². The lowest BCUT2D eigenvalue weighted by Gasteiger charge is -2.11. The van der Waals surface area contributed by atoms with Gasteiger partial charge >= 0.3 is 0 Å². The summed E-state index contributed by atoms with van der Waals surface area (Å²) in [6.45, 7) is -0.249. The average Bonchev–Trinajstić information content (AvgIpc) is 2.83. The van der Waals surface area contributed by atoms with Crippen LogP contribution in [0.3, 0.4) is 0 Å². The molecule has 0 spiro atoms. The zero-order valence-electron chi connectivity index (χ0n) is 17.7. The molecule has 0 saturated carbocycles. The summed E-state index contributed by atoms with van der Waals surface area (Å²) in [4.78, 5) is 24.6. The van der Waals surface area contributed by atoms with Crippen LogP contribution in [0.1, 0.15) is 5.56 Å². The summed E-state index contributed by atoms with van der Waals surface area (Å²) >= 11 is 0. The number of halogens is 1. The number of nitrogens with zero attached hydrogens (tertiary/aromatic N) is 1. The first-order valence-corrected chi connectivity index (χ1v) is 9.83. The highest BCUT2D eigenvalue weighted by molar-refractivity contribution is 6.09. The Labute approximate surface area is 190 Å². The summed E-state index contributed by atoms with van der Waals surface area (Å²) in [6.07, 6.45) is 1.39. The molecular formula is C25H20FN3O4. The number of methoxy groups -OCH3 is 1. The lowest BCUT2D eigenvalue weighted by molar-refractivity contribution is -0.118. The number of hydrogen-bond acceptors (Lipinski definition) is 5. The van der Waals surface area contributed by atoms with Gasteiger partial charge in [-0.3, -0.25) is 9.59 Å². The fourth-order valence-corrected chi connectivity index (χ4v) is 2.82. The van der Waals surface area contributed by atoms with Gasteiger partial charge in [0.1, 0.15) is 29.0 Å². The summed E-state index contributed by atoms with van der Waals surface area (Å²) in [5.74, 6) is -0.531. The third-order valence-corrected chi connectivity index (χ3v) is 4.39. The predicted molar refractivity (Wildman–Crippen MR) is 122 cm³/mol. The molecule has 33 heavy (non-hydrogen) atoms. The molecule has 0 aliphatic carbocycles. The highest BCUT2D eigenvalue weighted by Gasteiger charge is 2.11. The van der Waals surface area contributed by atoms with Crippen LogP contribution >= 0.6 is 0 Å². The highest BCUT2D eigenvalue weighted by Crippen LogP contribution is 2.23. The maximum atomic E-state index is 13.0. The second-order valence-corrected chi connectivity index (χ2v) is 6.74. The molecule has 0 saturated heterocycles. The van der Waals surface area contributed by atoms with E-state index in [0.29, 0.717) is 28.4 Å². The minimum atomic E-state index is -0.633. The van der Waals surface area contributed by atoms with Gasteiger partial charge in [0.15, 0.2) is 6.61 Å². The van der Waals surface area contributed by atoms with E-state index < -0.39 is 11.7 Å². The molecule has 0 heterocycles. The summed E-state index contributed by atoms with van der Waals surface area (Å²) in [6, 6.07) is 20.7. The Kier molecular flexibility index (Phi) is 7.76. The molecule has 0 aromatic heterocycles. The van der Waals surface area contributed by atoms with Crippen molar-refractivity contribution in [1.29, 1.82) is 5.26 Å². The molecular weight excluding hydrogens is 425 g/mol. The molecule has 0 unspecified atom stereocenters. The van der Waals surface area contributed by atoms with Crippen LogP contribution < -0.4 is 20.1 Å². The molecule has 2 N–H and O–H groups in total. The molecule has 0 aliphatic rings. The van der Waals surface area contributed by atoms with Crippen molar-refractivity contribution in [3.63, 3.8) is 0 Å². The number of nitrogens with one attached hydrogen (secondary N) is 2. The van der Waals surface area contributed by atoms with Gasteiger partial charge in [0.05, 0.1) is 12.8 Å². The van der Waals surface area contributed by atoms with E-state index in [-0.39, 0.29) is 18.1 Å². The number of nitriles is 1. The molecule has 3 aromatic carbocycles. The lowest BCUT2D eigenvalue weighted by atomic mass is 10.1. The number of rotatable bonds is 8. The van der Waals surface area contributed by atoms with Crippen LogP contribution in [0.4, 0.5) is 15.8 Å². The average molecular weight is 445 g/mol. The van der Waals surface area contributed by atoms with E-state index in [1.165, 1.54) is 37.5 Å². The largest absolute Gasteiger partial charge is 0.495 e. The smallest absolute Gasteiger partial charge is 0.266 e. The standard InChI is InChI=1S/C25H20FN3O4/c1-32-23-8-3-2-7-22(23)29-24(30)16-33-21-6-4-5-17(14-21)13-18(15-27)25(31)28-20-11-9-19(26)10-12-20/h2-14H,16H2,1H3,(H,28,31)(H,29,30). The van der Waals surface area contributed by atoms with Crippen LogP contribution in [0, 0.1) is 17.1 Å². The van der Waals surface area contributed by atoms with Gasteiger partial charge in [0, 0.05) is 5.69 Å². The Morgan fingerprint density at radius 3 is 2.52 bits per heavy atom. The van der Waals surface area contributed by atoms with Crippen molar-refractivity contribution in [2.75, 3.05) is 24.4 Å². The Morgan fingerprint density at radius 1 is 1.03 bits per heavy atom. The van der Waals surface area contributed by atoms with Crippen molar-refractivity contribution in [3.05, 3.63) is 89.8 Å². The van der Waals surface area contributed by atoms with Crippen LogP contribution in [0.2, 0.25) is 0 Å². The van der Waals surface area contributed by atoms with E-state index in [1.807, 2.05) is 6.07 Å². The van der Waals surface area contributed by atoms with E-state index in [1.54, 1.807) is 48.5 Å². The number of anilines is 2. The SMILES string of the molecule is COc1ccccc1NC(=O)COc1cccc(C=C(C#N)C(=O)Nc2ccc(F)cc2)c1. The Morgan fingerprint density at radius 2 is 1.79 bits per heavy atom. The number of carbonyl (C=O) groups is 2. The number of benzene rings is 3. The summed E-state index contributed by atoms with van der Waals surface area (Å²) in [5.41, 5.74) is 1.27. The van der Waals surface area contributed by atoms with Crippen molar-refractivity contribution < 1.29 is 23.5 Å². The van der Waals surface area contributed by atoms with Crippen LogP contribution in [-0.2, 0) is 9.59 Å². The molecule has 3 rings (SSSR count). The van der Waals surface area contributed by atoms with Gasteiger partial charge in [-0.2, -0.15) is 5.26 Å². The van der Waals surface area contributed by atoms with E-state index in [4.69, 9.17) is 9.47 Å². The number of para-hydroxylation sites is 2. The molecule has 2 amide bonds. The Balaban J connectivity index is 1.63. The third-order valence-electron chi connectivity index (χ3n) is 4.39. The Bertz CT molecular complexity index is 1220. The van der Waals surface area contributed by atoms with Crippen LogP contribution in [0.15, 0.2) is 78.4 Å². The number of ether oxygens (including phenoxy) is 2. The molecule has 0 fully saturated rings. The molecule has 0 bridgehead atoms. The first-order valence-electron chi connectivity index (χ1n) is 9.83. The molecule has 3 aromatic rings. The van der Waals surface area contributed by atoms with E-state index in [0.717, 1.165) is 0 Å². The van der Waals surface area contributed by atoms with Crippen molar-refractivity contribution >= 4 is 29.3 Å². The molecule has 8 heteroatoms. The van der Waals surface area contributed by atoms with Gasteiger partial charge < -0.3 is 20.1 Å². The van der Waals surface area contributed by atoms with Gasteiger partial charge in [0.2, 0.25) is 0 Å². The van der Waals surface area contributed by atoms with Crippen molar-refractivity contribution in [2.45, 2.75) is 0 Å². The predicted octanol–water partition coefficient (Wildman–Crippen LogP) is 4.40. The van der Waals surface area contributed by atoms with Crippen molar-refractivity contribution in [2.24, 2.45) is 0 Å². The minimum absolute atomic E-state index is 0.148. The maximum Gasteiger partial charge on any atom is 0.266 e. The molecule has 166 valence electrons. The third kappa shape index (κ3) is 6.67. The molecule has 0 aliphatic heterocycles. The number of hydrogen-bond donors (Lipinski definition) is 2. The van der Waals surface area contributed by atoms with Gasteiger partial charge in [-0.1, -0.05) is 24.3 Å². The Hall–Kier alpha value is -4.64. The highest BCUT2D eigenvalue weighted by atomic mass is 19.1. The quantitative estimate of drug-likeness (QED) is 0.395. The first-order chi connectivity index (χ1) is 16.0. The summed E-state index contributed by atoms with van der Waals surface area (Å²) in [5, 5.41) is 14.6. The van der Waals surface area contributed by atoms with Crippen molar-refractivity contribution in [1.82, 2.24) is 0 Å². The van der Waals surface area contributed by atoms with Crippen LogP contribution in [0.5, 0.6) is 11.5 Å². The molecule has 0 atom stereocenters. The monoisotopic (exact) mass is 445 g/mol. The summed E-state index contributed by atoms with van der Waals surface area (Å²) in [7, 11) is 1.51. The van der Waals surface area contributed by atoms with Gasteiger partial charge in [0.25, 0.3) is 11.8 Å². The second kappa shape index (κ2) is 11.1. The van der Waals surface area contributed by atoms with E-state index >= 15 is 0 Å². The molecule has 0 radical (unpaired) electrons. The molecule has 7 nitrogen and oxygen atoms in total. The second-order valence-electron chi connectivity index (χ2n) is 6.74. The fraction of sp³-hybridized carbons (Fsp3) is 0.0800. The summed E-state index contributed by atoms with van der Waals surface area (Å²) < 4.78 is 23.7. The zero-order chi connectivity index (χ0) is 23.6. The lowest BCUT2D eigenvalue weighted by Crippen LogP contribution is -2.20. The zero-order valence-corrected chi connectivity index (χ0v) is 17.7. The number of amides is 2. The van der Waals surface area contributed by atoms with Gasteiger partial charge in [-0.15, -0.1) is 0 Å². The minimum Gasteiger partial charge on any atom is -0.495 e. The van der Waals surface area contributed by atoms with Gasteiger partial charge in [-0.05, 0) is 60.2 Å². The number of carbonyl (C=O) groups excluding carboxylic acids is 2.